The minimum Gasteiger partial charge on any atom is -0.476 e. The van der Waals surface area contributed by atoms with E-state index in [0.717, 1.165) is 60.4 Å². The molecule has 1 aliphatic carbocycles. The minimum atomic E-state index is -4.20. The van der Waals surface area contributed by atoms with Crippen LogP contribution >= 0.6 is 11.3 Å². The van der Waals surface area contributed by atoms with Gasteiger partial charge in [0.2, 0.25) is 10.0 Å². The van der Waals surface area contributed by atoms with Gasteiger partial charge in [0, 0.05) is 53.4 Å². The van der Waals surface area contributed by atoms with Crippen molar-refractivity contribution in [1.82, 2.24) is 14.5 Å². The van der Waals surface area contributed by atoms with E-state index in [-0.39, 0.29) is 12.2 Å². The van der Waals surface area contributed by atoms with Gasteiger partial charge in [0.1, 0.15) is 15.7 Å². The highest BCUT2D eigenvalue weighted by Crippen LogP contribution is 2.41. The van der Waals surface area contributed by atoms with Gasteiger partial charge in [-0.2, -0.15) is 0 Å². The lowest BCUT2D eigenvalue weighted by atomic mass is 10.0. The van der Waals surface area contributed by atoms with Gasteiger partial charge in [-0.05, 0) is 73.7 Å². The fourth-order valence-electron chi connectivity index (χ4n) is 5.29. The maximum atomic E-state index is 14.9. The van der Waals surface area contributed by atoms with Crippen LogP contribution in [0.25, 0.3) is 21.8 Å². The number of benzene rings is 2. The fraction of sp³-hybridized carbons (Fsp3) is 0.290. The molecule has 6 rings (SSSR count). The number of hydrogen-bond donors (Lipinski definition) is 2. The van der Waals surface area contributed by atoms with Gasteiger partial charge in [0.05, 0.1) is 0 Å². The number of carboxylic acids is 1. The molecule has 42 heavy (non-hydrogen) atoms. The number of rotatable bonds is 8. The van der Waals surface area contributed by atoms with Crippen molar-refractivity contribution in [2.45, 2.75) is 30.7 Å². The third-order valence-electron chi connectivity index (χ3n) is 7.63. The Labute approximate surface area is 247 Å². The van der Waals surface area contributed by atoms with Crippen LogP contribution in [0.5, 0.6) is 0 Å². The van der Waals surface area contributed by atoms with Crippen LogP contribution in [0.3, 0.4) is 0 Å². The maximum Gasteiger partial charge on any atom is 0.355 e. The predicted octanol–water partition coefficient (Wildman–Crippen LogP) is 4.68. The van der Waals surface area contributed by atoms with Crippen LogP contribution in [-0.2, 0) is 23.0 Å². The van der Waals surface area contributed by atoms with Gasteiger partial charge < -0.3 is 14.6 Å². The number of nitrogens with zero attached hydrogens (tertiary/aromatic N) is 3. The predicted molar refractivity (Wildman–Crippen MR) is 159 cm³/mol. The Bertz CT molecular complexity index is 1860. The van der Waals surface area contributed by atoms with Crippen molar-refractivity contribution in [2.75, 3.05) is 20.1 Å². The zero-order valence-corrected chi connectivity index (χ0v) is 24.5. The summed E-state index contributed by atoms with van der Waals surface area (Å²) in [6.45, 7) is 2.17. The van der Waals surface area contributed by atoms with Crippen molar-refractivity contribution in [1.29, 1.82) is 0 Å². The van der Waals surface area contributed by atoms with Crippen LogP contribution in [0.1, 0.15) is 40.2 Å². The molecule has 216 valence electrons. The first-order chi connectivity index (χ1) is 20.0. The van der Waals surface area contributed by atoms with Crippen LogP contribution < -0.4 is 5.14 Å². The normalized spacial score (nSPS) is 15.7. The van der Waals surface area contributed by atoms with E-state index < -0.39 is 26.7 Å². The van der Waals surface area contributed by atoms with Crippen LogP contribution in [0.2, 0.25) is 0 Å². The summed E-state index contributed by atoms with van der Waals surface area (Å²) in [5.41, 5.74) is 5.01. The highest BCUT2D eigenvalue weighted by atomic mass is 32.2. The summed E-state index contributed by atoms with van der Waals surface area (Å²) in [6, 6.07) is 13.9. The van der Waals surface area contributed by atoms with Crippen LogP contribution in [0, 0.1) is 29.5 Å². The van der Waals surface area contributed by atoms with Crippen molar-refractivity contribution in [3.63, 3.8) is 0 Å². The molecule has 3 N–H and O–H groups in total. The van der Waals surface area contributed by atoms with Crippen molar-refractivity contribution >= 4 is 27.3 Å². The average Bonchev–Trinajstić information content (AvgIpc) is 3.47. The van der Waals surface area contributed by atoms with E-state index in [1.54, 1.807) is 6.07 Å². The molecule has 1 saturated carbocycles. The highest BCUT2D eigenvalue weighted by molar-refractivity contribution is 7.89. The van der Waals surface area contributed by atoms with Gasteiger partial charge in [0.25, 0.3) is 0 Å². The van der Waals surface area contributed by atoms with Crippen molar-refractivity contribution in [2.24, 2.45) is 17.0 Å². The Kier molecular flexibility index (Phi) is 7.49. The number of carbonyl (C=O) groups is 1. The summed E-state index contributed by atoms with van der Waals surface area (Å²) in [5, 5.41) is 16.8. The zero-order valence-electron chi connectivity index (χ0n) is 22.9. The smallest absolute Gasteiger partial charge is 0.355 e. The number of carboxylic acid groups (broad SMARTS) is 1. The molecule has 0 bridgehead atoms. The Hall–Kier alpha value is -3.82. The van der Waals surface area contributed by atoms with E-state index >= 15 is 0 Å². The summed E-state index contributed by atoms with van der Waals surface area (Å²) < 4.78 is 40.5. The number of sulfonamides is 1. The fourth-order valence-corrected chi connectivity index (χ4v) is 6.71. The van der Waals surface area contributed by atoms with Crippen molar-refractivity contribution in [3.8, 4) is 33.7 Å². The lowest BCUT2D eigenvalue weighted by Crippen LogP contribution is -2.42. The summed E-state index contributed by atoms with van der Waals surface area (Å²) in [5.74, 6) is 5.50. The number of likely N-dealkylation sites (tertiary alicyclic amines) is 1. The molecule has 0 atom stereocenters. The van der Waals surface area contributed by atoms with Crippen LogP contribution in [0.4, 0.5) is 4.39 Å². The molecule has 2 aromatic heterocycles. The summed E-state index contributed by atoms with van der Waals surface area (Å²) in [4.78, 5) is 17.7. The largest absolute Gasteiger partial charge is 0.476 e. The first-order valence-electron chi connectivity index (χ1n) is 13.6. The molecule has 8 nitrogen and oxygen atoms in total. The molecule has 1 saturated heterocycles. The van der Waals surface area contributed by atoms with Gasteiger partial charge in [-0.25, -0.2) is 27.7 Å². The molecule has 1 aliphatic heterocycles. The molecule has 0 amide bonds. The maximum absolute atomic E-state index is 14.9. The van der Waals surface area contributed by atoms with E-state index in [1.807, 2.05) is 30.3 Å². The molecule has 0 radical (unpaired) electrons. The quantitative estimate of drug-likeness (QED) is 0.282. The molecular weight excluding hydrogens is 575 g/mol. The summed E-state index contributed by atoms with van der Waals surface area (Å²) >= 11 is 1.27. The van der Waals surface area contributed by atoms with Crippen LogP contribution in [-0.4, -0.2) is 54.1 Å². The van der Waals surface area contributed by atoms with Gasteiger partial charge in [0.15, 0.2) is 5.69 Å². The third-order valence-corrected chi connectivity index (χ3v) is 9.45. The lowest BCUT2D eigenvalue weighted by molar-refractivity contribution is 0.0691. The summed E-state index contributed by atoms with van der Waals surface area (Å²) in [7, 11) is -2.13. The molecule has 4 aromatic rings. The Balaban J connectivity index is 1.47. The Morgan fingerprint density at radius 2 is 1.98 bits per heavy atom. The lowest BCUT2D eigenvalue weighted by Gasteiger charge is -2.32. The van der Waals surface area contributed by atoms with Crippen LogP contribution in [0.15, 0.2) is 58.8 Å². The van der Waals surface area contributed by atoms with Gasteiger partial charge in [-0.3, -0.25) is 0 Å². The molecule has 2 aromatic carbocycles. The van der Waals surface area contributed by atoms with Gasteiger partial charge in [-0.1, -0.05) is 30.0 Å². The van der Waals surface area contributed by atoms with Crippen molar-refractivity contribution in [3.05, 3.63) is 82.2 Å². The highest BCUT2D eigenvalue weighted by Gasteiger charge is 2.28. The topological polar surface area (TPSA) is 119 Å². The van der Waals surface area contributed by atoms with Gasteiger partial charge in [-0.15, -0.1) is 11.3 Å². The second kappa shape index (κ2) is 11.1. The summed E-state index contributed by atoms with van der Waals surface area (Å²) in [6.07, 6.45) is 2.94. The monoisotopic (exact) mass is 604 g/mol. The SMILES string of the molecule is CN1CC(C#Cc2cccc(-c3cc(-c4nc(C(=O)O)cs4)c(CC4CC4)n3Cc3ccc(S(N)(=O)=O)c(F)c3)c2)C1. The minimum absolute atomic E-state index is 0.0127. The van der Waals surface area contributed by atoms with E-state index in [0.29, 0.717) is 22.4 Å². The molecule has 2 fully saturated rings. The number of thiazole rings is 1. The van der Waals surface area contributed by atoms with E-state index in [4.69, 9.17) is 5.14 Å². The van der Waals surface area contributed by atoms with E-state index in [2.05, 4.69) is 33.3 Å². The first-order valence-corrected chi connectivity index (χ1v) is 16.0. The molecule has 3 heterocycles. The number of nitrogens with two attached hydrogens (primary N) is 1. The molecular formula is C31H29FN4O4S2. The van der Waals surface area contributed by atoms with Gasteiger partial charge >= 0.3 is 5.97 Å². The number of hydrogen-bond acceptors (Lipinski definition) is 6. The standard InChI is InChI=1S/C31H29FN4O4S2/c1-35-15-22(16-35)8-7-19-3-2-4-23(11-19)27-14-24(30-34-26(18-41-30)31(37)38)28(13-20-5-6-20)36(27)17-21-9-10-29(25(32)12-21)42(33,39)40/h2-4,9-12,14,18,20,22H,5-6,13,15-17H2,1H3,(H,37,38)(H2,33,39,40). The number of aromatic carboxylic acids is 1. The zero-order chi connectivity index (χ0) is 29.6. The second-order valence-electron chi connectivity index (χ2n) is 11.0. The van der Waals surface area contributed by atoms with E-state index in [1.165, 1.54) is 28.8 Å². The average molecular weight is 605 g/mol. The molecule has 0 spiro atoms. The second-order valence-corrected chi connectivity index (χ2v) is 13.4. The number of halogens is 1. The molecule has 0 unspecified atom stereocenters. The molecule has 11 heteroatoms. The third kappa shape index (κ3) is 6.03. The first kappa shape index (κ1) is 28.3. The van der Waals surface area contributed by atoms with Crippen molar-refractivity contribution < 1.29 is 22.7 Å². The number of aromatic nitrogens is 2. The Morgan fingerprint density at radius 3 is 2.62 bits per heavy atom. The Morgan fingerprint density at radius 1 is 1.19 bits per heavy atom. The number of primary sulfonamides is 1. The molecule has 2 aliphatic rings. The van der Waals surface area contributed by atoms with E-state index in [9.17, 15) is 22.7 Å².